The lowest BCUT2D eigenvalue weighted by molar-refractivity contribution is 0.899. The number of nitrogens with zero attached hydrogens (tertiary/aromatic N) is 3. The minimum Gasteiger partial charge on any atom is -0.228 e. The van der Waals surface area contributed by atoms with Crippen LogP contribution in [-0.4, -0.2) is 14.8 Å². The standard InChI is InChI=1S/C17H13N3/c1-12-6-5-7-13-10-14-11-18-20(17(14)19-16(12)13)15-8-3-2-4-9-15/h2-11H,1H3. The van der Waals surface area contributed by atoms with E-state index in [-0.39, 0.29) is 0 Å². The Balaban J connectivity index is 2.07. The summed E-state index contributed by atoms with van der Waals surface area (Å²) in [6.07, 6.45) is 1.87. The first-order valence-electron chi connectivity index (χ1n) is 6.62. The van der Waals surface area contributed by atoms with E-state index in [0.29, 0.717) is 0 Å². The SMILES string of the molecule is Cc1cccc2cc3cnn(-c4ccccc4)c3nc12. The van der Waals surface area contributed by atoms with Gasteiger partial charge in [0, 0.05) is 10.8 Å². The summed E-state index contributed by atoms with van der Waals surface area (Å²) >= 11 is 0. The summed E-state index contributed by atoms with van der Waals surface area (Å²) < 4.78 is 1.89. The predicted octanol–water partition coefficient (Wildman–Crippen LogP) is 3.88. The van der Waals surface area contributed by atoms with Crippen molar-refractivity contribution in [2.45, 2.75) is 6.92 Å². The summed E-state index contributed by atoms with van der Waals surface area (Å²) in [6, 6.07) is 18.5. The summed E-state index contributed by atoms with van der Waals surface area (Å²) in [4.78, 5) is 4.81. The molecule has 0 bridgehead atoms. The molecule has 0 N–H and O–H groups in total. The summed E-state index contributed by atoms with van der Waals surface area (Å²) in [5.41, 5.74) is 4.16. The number of aryl methyl sites for hydroxylation is 1. The Morgan fingerprint density at radius 1 is 0.900 bits per heavy atom. The van der Waals surface area contributed by atoms with Crippen molar-refractivity contribution >= 4 is 21.9 Å². The van der Waals surface area contributed by atoms with Gasteiger partial charge in [0.2, 0.25) is 0 Å². The second-order valence-corrected chi connectivity index (χ2v) is 4.94. The van der Waals surface area contributed by atoms with E-state index in [2.05, 4.69) is 36.3 Å². The van der Waals surface area contributed by atoms with Crippen LogP contribution < -0.4 is 0 Å². The number of hydrogen-bond acceptors (Lipinski definition) is 2. The van der Waals surface area contributed by atoms with E-state index in [1.54, 1.807) is 0 Å². The van der Waals surface area contributed by atoms with E-state index in [9.17, 15) is 0 Å². The van der Waals surface area contributed by atoms with Crippen molar-refractivity contribution in [3.63, 3.8) is 0 Å². The first-order chi connectivity index (χ1) is 9.83. The Morgan fingerprint density at radius 3 is 2.60 bits per heavy atom. The van der Waals surface area contributed by atoms with Crippen molar-refractivity contribution in [2.24, 2.45) is 0 Å². The smallest absolute Gasteiger partial charge is 0.163 e. The molecular formula is C17H13N3. The minimum absolute atomic E-state index is 0.901. The molecule has 3 nitrogen and oxygen atoms in total. The van der Waals surface area contributed by atoms with Crippen LogP contribution in [0.1, 0.15) is 5.56 Å². The second kappa shape index (κ2) is 4.17. The number of rotatable bonds is 1. The molecule has 0 aliphatic heterocycles. The molecular weight excluding hydrogens is 246 g/mol. The fourth-order valence-electron chi connectivity index (χ4n) is 2.55. The van der Waals surface area contributed by atoms with Gasteiger partial charge in [0.15, 0.2) is 5.65 Å². The zero-order valence-electron chi connectivity index (χ0n) is 11.1. The molecule has 4 rings (SSSR count). The van der Waals surface area contributed by atoms with Gasteiger partial charge >= 0.3 is 0 Å². The van der Waals surface area contributed by atoms with Crippen LogP contribution in [0.15, 0.2) is 60.8 Å². The van der Waals surface area contributed by atoms with Crippen molar-refractivity contribution < 1.29 is 0 Å². The predicted molar refractivity (Wildman–Crippen MR) is 81.1 cm³/mol. The quantitative estimate of drug-likeness (QED) is 0.519. The molecule has 20 heavy (non-hydrogen) atoms. The van der Waals surface area contributed by atoms with Crippen LogP contribution in [0.25, 0.3) is 27.6 Å². The summed E-state index contributed by atoms with van der Waals surface area (Å²) in [6.45, 7) is 2.09. The van der Waals surface area contributed by atoms with Crippen LogP contribution in [-0.2, 0) is 0 Å². The van der Waals surface area contributed by atoms with Crippen molar-refractivity contribution in [1.82, 2.24) is 14.8 Å². The third kappa shape index (κ3) is 1.60. The summed E-state index contributed by atoms with van der Waals surface area (Å²) in [7, 11) is 0. The third-order valence-corrected chi connectivity index (χ3v) is 3.57. The van der Waals surface area contributed by atoms with Crippen LogP contribution >= 0.6 is 0 Å². The number of pyridine rings is 1. The second-order valence-electron chi connectivity index (χ2n) is 4.94. The van der Waals surface area contributed by atoms with E-state index >= 15 is 0 Å². The number of para-hydroxylation sites is 2. The lowest BCUT2D eigenvalue weighted by Gasteiger charge is -2.05. The molecule has 0 fully saturated rings. The average Bonchev–Trinajstić information content (AvgIpc) is 2.90. The fraction of sp³-hybridized carbons (Fsp3) is 0.0588. The lowest BCUT2D eigenvalue weighted by atomic mass is 10.1. The van der Waals surface area contributed by atoms with Crippen LogP contribution in [0, 0.1) is 6.92 Å². The van der Waals surface area contributed by atoms with Crippen molar-refractivity contribution in [2.75, 3.05) is 0 Å². The van der Waals surface area contributed by atoms with E-state index in [1.165, 1.54) is 5.56 Å². The molecule has 0 amide bonds. The maximum absolute atomic E-state index is 4.81. The molecule has 0 saturated carbocycles. The Labute approximate surface area is 116 Å². The lowest BCUT2D eigenvalue weighted by Crippen LogP contribution is -1.97. The number of aromatic nitrogens is 3. The van der Waals surface area contributed by atoms with Gasteiger partial charge in [-0.1, -0.05) is 36.4 Å². The van der Waals surface area contributed by atoms with Gasteiger partial charge in [0.1, 0.15) is 0 Å². The largest absolute Gasteiger partial charge is 0.228 e. The van der Waals surface area contributed by atoms with Gasteiger partial charge in [0.25, 0.3) is 0 Å². The van der Waals surface area contributed by atoms with Gasteiger partial charge in [-0.15, -0.1) is 0 Å². The van der Waals surface area contributed by atoms with Crippen molar-refractivity contribution in [3.8, 4) is 5.69 Å². The van der Waals surface area contributed by atoms with Crippen LogP contribution in [0.4, 0.5) is 0 Å². The summed E-state index contributed by atoms with van der Waals surface area (Å²) in [5.74, 6) is 0. The molecule has 96 valence electrons. The van der Waals surface area contributed by atoms with Gasteiger partial charge in [-0.25, -0.2) is 9.67 Å². The third-order valence-electron chi connectivity index (χ3n) is 3.57. The molecule has 2 aromatic heterocycles. The minimum atomic E-state index is 0.901. The number of fused-ring (bicyclic) bond motifs is 2. The van der Waals surface area contributed by atoms with Crippen LogP contribution in [0.3, 0.4) is 0 Å². The Morgan fingerprint density at radius 2 is 1.75 bits per heavy atom. The van der Waals surface area contributed by atoms with E-state index < -0.39 is 0 Å². The topological polar surface area (TPSA) is 30.7 Å². The molecule has 0 atom stereocenters. The average molecular weight is 259 g/mol. The Bertz CT molecular complexity index is 907. The highest BCUT2D eigenvalue weighted by Gasteiger charge is 2.08. The van der Waals surface area contributed by atoms with Gasteiger partial charge < -0.3 is 0 Å². The molecule has 2 aromatic carbocycles. The molecule has 2 heterocycles. The highest BCUT2D eigenvalue weighted by Crippen LogP contribution is 2.23. The Kier molecular flexibility index (Phi) is 2.33. The van der Waals surface area contributed by atoms with Crippen molar-refractivity contribution in [1.29, 1.82) is 0 Å². The van der Waals surface area contributed by atoms with Gasteiger partial charge in [0.05, 0.1) is 17.4 Å². The molecule has 0 aliphatic rings. The van der Waals surface area contributed by atoms with Gasteiger partial charge in [-0.3, -0.25) is 0 Å². The van der Waals surface area contributed by atoms with Gasteiger partial charge in [-0.2, -0.15) is 5.10 Å². The molecule has 0 saturated heterocycles. The van der Waals surface area contributed by atoms with E-state index in [1.807, 2.05) is 41.2 Å². The molecule has 0 unspecified atom stereocenters. The van der Waals surface area contributed by atoms with Crippen LogP contribution in [0.5, 0.6) is 0 Å². The molecule has 3 heteroatoms. The molecule has 0 aliphatic carbocycles. The van der Waals surface area contributed by atoms with Crippen LogP contribution in [0.2, 0.25) is 0 Å². The van der Waals surface area contributed by atoms with E-state index in [4.69, 9.17) is 4.98 Å². The van der Waals surface area contributed by atoms with Crippen molar-refractivity contribution in [3.05, 3.63) is 66.4 Å². The first-order valence-corrected chi connectivity index (χ1v) is 6.62. The maximum Gasteiger partial charge on any atom is 0.163 e. The zero-order chi connectivity index (χ0) is 13.5. The molecule has 0 radical (unpaired) electrons. The zero-order valence-corrected chi connectivity index (χ0v) is 11.1. The molecule has 4 aromatic rings. The Hall–Kier alpha value is -2.68. The molecule has 0 spiro atoms. The fourth-order valence-corrected chi connectivity index (χ4v) is 2.55. The number of hydrogen-bond donors (Lipinski definition) is 0. The maximum atomic E-state index is 4.81. The van der Waals surface area contributed by atoms with E-state index in [0.717, 1.165) is 27.6 Å². The highest BCUT2D eigenvalue weighted by atomic mass is 15.3. The normalized spacial score (nSPS) is 11.2. The first kappa shape index (κ1) is 11.2. The van der Waals surface area contributed by atoms with Gasteiger partial charge in [-0.05, 0) is 30.7 Å². The monoisotopic (exact) mass is 259 g/mol. The number of benzene rings is 2. The summed E-state index contributed by atoms with van der Waals surface area (Å²) in [5, 5.41) is 6.69. The highest BCUT2D eigenvalue weighted by molar-refractivity contribution is 5.93.